The molecular formula is C27H36N6O3. The predicted molar refractivity (Wildman–Crippen MR) is 140 cm³/mol. The van der Waals surface area contributed by atoms with Crippen molar-refractivity contribution in [3.8, 4) is 5.75 Å². The number of aromatic nitrogens is 2. The summed E-state index contributed by atoms with van der Waals surface area (Å²) >= 11 is 0. The minimum atomic E-state index is -0.222. The van der Waals surface area contributed by atoms with Crippen LogP contribution in [0.25, 0.3) is 0 Å². The molecule has 0 spiro atoms. The van der Waals surface area contributed by atoms with Gasteiger partial charge in [0.25, 0.3) is 5.91 Å². The van der Waals surface area contributed by atoms with Gasteiger partial charge in [-0.3, -0.25) is 9.59 Å². The van der Waals surface area contributed by atoms with Crippen LogP contribution < -0.4 is 25.2 Å². The van der Waals surface area contributed by atoms with Crippen LogP contribution in [0.5, 0.6) is 5.75 Å². The van der Waals surface area contributed by atoms with Gasteiger partial charge in [0.15, 0.2) is 5.82 Å². The standard InChI is InChI=1S/C27H36N6O3/c1-4-21-26(35)32(2)22-16-28-27(31-24(22)33(21)19-11-7-8-12-19)30-20-14-13-17(15-23(20)36-3)25(34)29-18-9-5-6-10-18/h13-16,18-19,21H,4-12H2,1-3H3,(H,29,34)(H,28,30,31)/t21-/m1/s1. The number of hydrogen-bond donors (Lipinski definition) is 2. The molecule has 2 amide bonds. The molecule has 2 aromatic rings. The number of likely N-dealkylation sites (N-methyl/N-ethyl adjacent to an activating group) is 1. The summed E-state index contributed by atoms with van der Waals surface area (Å²) in [6, 6.07) is 5.70. The van der Waals surface area contributed by atoms with E-state index in [4.69, 9.17) is 9.72 Å². The smallest absolute Gasteiger partial charge is 0.251 e. The van der Waals surface area contributed by atoms with Gasteiger partial charge in [-0.05, 0) is 50.3 Å². The number of carbonyl (C=O) groups excluding carboxylic acids is 2. The lowest BCUT2D eigenvalue weighted by Gasteiger charge is -2.43. The first kappa shape index (κ1) is 24.3. The van der Waals surface area contributed by atoms with Gasteiger partial charge in [0.1, 0.15) is 17.5 Å². The molecule has 2 aliphatic carbocycles. The second kappa shape index (κ2) is 10.3. The molecule has 1 aromatic heterocycles. The van der Waals surface area contributed by atoms with E-state index in [2.05, 4.69) is 27.4 Å². The Morgan fingerprint density at radius 1 is 1.14 bits per heavy atom. The molecule has 1 aromatic carbocycles. The van der Waals surface area contributed by atoms with Crippen LogP contribution in [0.2, 0.25) is 0 Å². The number of rotatable bonds is 7. The van der Waals surface area contributed by atoms with E-state index in [0.717, 1.165) is 43.6 Å². The van der Waals surface area contributed by atoms with Gasteiger partial charge in [-0.25, -0.2) is 4.98 Å². The molecule has 2 N–H and O–H groups in total. The fourth-order valence-corrected chi connectivity index (χ4v) is 5.84. The molecule has 1 atom stereocenters. The third-order valence-electron chi connectivity index (χ3n) is 7.81. The van der Waals surface area contributed by atoms with Crippen molar-refractivity contribution in [3.05, 3.63) is 30.0 Å². The van der Waals surface area contributed by atoms with Crippen molar-refractivity contribution in [3.63, 3.8) is 0 Å². The number of anilines is 4. The quantitative estimate of drug-likeness (QED) is 0.591. The van der Waals surface area contributed by atoms with E-state index < -0.39 is 0 Å². The Morgan fingerprint density at radius 2 is 1.86 bits per heavy atom. The fourth-order valence-electron chi connectivity index (χ4n) is 5.84. The number of nitrogens with one attached hydrogen (secondary N) is 2. The zero-order chi connectivity index (χ0) is 25.2. The van der Waals surface area contributed by atoms with Gasteiger partial charge in [-0.15, -0.1) is 0 Å². The molecule has 9 nitrogen and oxygen atoms in total. The molecule has 0 saturated heterocycles. The van der Waals surface area contributed by atoms with Crippen molar-refractivity contribution in [2.75, 3.05) is 29.3 Å². The Morgan fingerprint density at radius 3 is 2.56 bits per heavy atom. The first-order valence-electron chi connectivity index (χ1n) is 13.2. The number of hydrogen-bond acceptors (Lipinski definition) is 7. The number of amides is 2. The molecule has 36 heavy (non-hydrogen) atoms. The average Bonchev–Trinajstić information content (AvgIpc) is 3.61. The lowest BCUT2D eigenvalue weighted by Crippen LogP contribution is -2.55. The average molecular weight is 493 g/mol. The lowest BCUT2D eigenvalue weighted by atomic mass is 10.0. The summed E-state index contributed by atoms with van der Waals surface area (Å²) < 4.78 is 5.60. The van der Waals surface area contributed by atoms with Gasteiger partial charge >= 0.3 is 0 Å². The lowest BCUT2D eigenvalue weighted by molar-refractivity contribution is -0.120. The van der Waals surface area contributed by atoms with E-state index in [1.807, 2.05) is 6.07 Å². The molecule has 5 rings (SSSR count). The maximum absolute atomic E-state index is 13.1. The summed E-state index contributed by atoms with van der Waals surface area (Å²) in [4.78, 5) is 39.1. The number of methoxy groups -OCH3 is 1. The molecule has 3 aliphatic rings. The van der Waals surface area contributed by atoms with Gasteiger partial charge in [0.05, 0.1) is 19.0 Å². The van der Waals surface area contributed by atoms with Crippen LogP contribution in [0, 0.1) is 0 Å². The Labute approximate surface area is 212 Å². The first-order valence-corrected chi connectivity index (χ1v) is 13.2. The Hall–Kier alpha value is -3.36. The highest BCUT2D eigenvalue weighted by Crippen LogP contribution is 2.40. The minimum Gasteiger partial charge on any atom is -0.495 e. The van der Waals surface area contributed by atoms with Gasteiger partial charge in [-0.2, -0.15) is 4.98 Å². The maximum Gasteiger partial charge on any atom is 0.251 e. The molecule has 2 saturated carbocycles. The van der Waals surface area contributed by atoms with Gasteiger partial charge < -0.3 is 25.2 Å². The van der Waals surface area contributed by atoms with E-state index in [1.54, 1.807) is 37.4 Å². The minimum absolute atomic E-state index is 0.0812. The van der Waals surface area contributed by atoms with Crippen molar-refractivity contribution < 1.29 is 14.3 Å². The summed E-state index contributed by atoms with van der Waals surface area (Å²) in [5.74, 6) is 1.77. The van der Waals surface area contributed by atoms with Crippen LogP contribution in [-0.4, -0.2) is 54.1 Å². The highest BCUT2D eigenvalue weighted by atomic mass is 16.5. The Bertz CT molecular complexity index is 1130. The zero-order valence-electron chi connectivity index (χ0n) is 21.4. The first-order chi connectivity index (χ1) is 17.5. The molecule has 0 unspecified atom stereocenters. The van der Waals surface area contributed by atoms with Crippen LogP contribution in [-0.2, 0) is 4.79 Å². The van der Waals surface area contributed by atoms with Crippen molar-refractivity contribution in [2.24, 2.45) is 0 Å². The van der Waals surface area contributed by atoms with E-state index >= 15 is 0 Å². The highest BCUT2D eigenvalue weighted by Gasteiger charge is 2.41. The Balaban J connectivity index is 1.41. The summed E-state index contributed by atoms with van der Waals surface area (Å²) in [5, 5.41) is 6.40. The number of ether oxygens (including phenoxy) is 1. The van der Waals surface area contributed by atoms with Gasteiger partial charge in [-0.1, -0.05) is 32.6 Å². The molecule has 192 valence electrons. The Kier molecular flexibility index (Phi) is 6.98. The second-order valence-electron chi connectivity index (χ2n) is 10.1. The summed E-state index contributed by atoms with van der Waals surface area (Å²) in [6.07, 6.45) is 11.3. The molecular weight excluding hydrogens is 456 g/mol. The van der Waals surface area contributed by atoms with Gasteiger partial charge in [0, 0.05) is 24.7 Å². The van der Waals surface area contributed by atoms with Crippen molar-refractivity contribution in [1.82, 2.24) is 15.3 Å². The number of carbonyl (C=O) groups is 2. The van der Waals surface area contributed by atoms with Crippen molar-refractivity contribution in [1.29, 1.82) is 0 Å². The molecule has 2 heterocycles. The summed E-state index contributed by atoms with van der Waals surface area (Å²) in [5.41, 5.74) is 1.97. The highest BCUT2D eigenvalue weighted by molar-refractivity contribution is 6.04. The topological polar surface area (TPSA) is 99.7 Å². The number of nitrogens with zero attached hydrogens (tertiary/aromatic N) is 4. The van der Waals surface area contributed by atoms with Crippen LogP contribution in [0.4, 0.5) is 23.1 Å². The van der Waals surface area contributed by atoms with Crippen LogP contribution in [0.15, 0.2) is 24.4 Å². The molecule has 9 heteroatoms. The van der Waals surface area contributed by atoms with Crippen molar-refractivity contribution >= 4 is 35.0 Å². The van der Waals surface area contributed by atoms with E-state index in [-0.39, 0.29) is 23.9 Å². The molecule has 0 bridgehead atoms. The van der Waals surface area contributed by atoms with Crippen molar-refractivity contribution in [2.45, 2.75) is 82.8 Å². The van der Waals surface area contributed by atoms with Crippen LogP contribution in [0.3, 0.4) is 0 Å². The molecule has 0 radical (unpaired) electrons. The van der Waals surface area contributed by atoms with Gasteiger partial charge in [0.2, 0.25) is 11.9 Å². The summed E-state index contributed by atoms with van der Waals surface area (Å²) in [7, 11) is 3.38. The van der Waals surface area contributed by atoms with Crippen LogP contribution in [0.1, 0.15) is 75.1 Å². The van der Waals surface area contributed by atoms with E-state index in [9.17, 15) is 9.59 Å². The zero-order valence-corrected chi connectivity index (χ0v) is 21.4. The third-order valence-corrected chi connectivity index (χ3v) is 7.81. The number of benzene rings is 1. The normalized spacial score (nSPS) is 20.5. The monoisotopic (exact) mass is 492 g/mol. The third kappa shape index (κ3) is 4.58. The molecule has 2 fully saturated rings. The summed E-state index contributed by atoms with van der Waals surface area (Å²) in [6.45, 7) is 2.05. The SMILES string of the molecule is CC[C@@H]1C(=O)N(C)c2cnc(Nc3ccc(C(=O)NC4CCCC4)cc3OC)nc2N1C1CCCC1. The van der Waals surface area contributed by atoms with Crippen LogP contribution >= 0.6 is 0 Å². The number of fused-ring (bicyclic) bond motifs is 1. The maximum atomic E-state index is 13.1. The van der Waals surface area contributed by atoms with E-state index in [0.29, 0.717) is 29.0 Å². The van der Waals surface area contributed by atoms with E-state index in [1.165, 1.54) is 25.7 Å². The predicted octanol–water partition coefficient (Wildman–Crippen LogP) is 4.41. The largest absolute Gasteiger partial charge is 0.495 e. The second-order valence-corrected chi connectivity index (χ2v) is 10.1. The molecule has 1 aliphatic heterocycles. The fraction of sp³-hybridized carbons (Fsp3) is 0.556.